The van der Waals surface area contributed by atoms with E-state index in [1.54, 1.807) is 14.2 Å². The molecule has 0 aromatic heterocycles. The van der Waals surface area contributed by atoms with Crippen molar-refractivity contribution < 1.29 is 13.3 Å². The third-order valence-electron chi connectivity index (χ3n) is 3.18. The van der Waals surface area contributed by atoms with E-state index in [1.807, 2.05) is 30.3 Å². The Morgan fingerprint density at radius 2 is 1.50 bits per heavy atom. The Labute approximate surface area is 124 Å². The van der Waals surface area contributed by atoms with Crippen molar-refractivity contribution >= 4 is 14.0 Å². The summed E-state index contributed by atoms with van der Waals surface area (Å²) in [5.41, 5.74) is 0. The summed E-state index contributed by atoms with van der Waals surface area (Å²) < 4.78 is 17.4. The van der Waals surface area contributed by atoms with Gasteiger partial charge < -0.3 is 13.3 Å². The van der Waals surface area contributed by atoms with Gasteiger partial charge in [-0.25, -0.2) is 0 Å². The predicted molar refractivity (Wildman–Crippen MR) is 84.0 cm³/mol. The molecular weight excluding hydrogens is 270 g/mol. The fourth-order valence-electron chi connectivity index (χ4n) is 2.21. The topological polar surface area (TPSA) is 30.9 Å². The van der Waals surface area contributed by atoms with E-state index in [2.05, 4.69) is 18.7 Å². The van der Waals surface area contributed by atoms with Gasteiger partial charge in [-0.2, -0.15) is 0 Å². The van der Waals surface area contributed by atoms with Crippen LogP contribution in [0.15, 0.2) is 30.3 Å². The fourth-order valence-corrected chi connectivity index (χ4v) is 4.21. The number of rotatable bonds is 10. The Morgan fingerprint density at radius 1 is 0.950 bits per heavy atom. The van der Waals surface area contributed by atoms with Gasteiger partial charge in [0.05, 0.1) is 6.73 Å². The van der Waals surface area contributed by atoms with E-state index in [0.717, 1.165) is 31.1 Å². The van der Waals surface area contributed by atoms with Gasteiger partial charge in [0.25, 0.3) is 0 Å². The van der Waals surface area contributed by atoms with Crippen molar-refractivity contribution in [3.8, 4) is 0 Å². The van der Waals surface area contributed by atoms with Crippen LogP contribution in [0.5, 0.6) is 0 Å². The first-order valence-corrected chi connectivity index (χ1v) is 8.97. The number of nitrogens with zero attached hydrogens (tertiary/aromatic N) is 1. The van der Waals surface area contributed by atoms with Crippen LogP contribution in [0.2, 0.25) is 0 Å². The van der Waals surface area contributed by atoms with Gasteiger partial charge in [-0.1, -0.05) is 44.2 Å². The first kappa shape index (κ1) is 17.3. The average Bonchev–Trinajstić information content (AvgIpc) is 2.50. The predicted octanol–water partition coefficient (Wildman–Crippen LogP) is 2.22. The Kier molecular flexibility index (Phi) is 8.02. The van der Waals surface area contributed by atoms with Gasteiger partial charge in [-0.3, -0.25) is 4.90 Å². The van der Waals surface area contributed by atoms with E-state index in [9.17, 15) is 0 Å². The molecule has 114 valence electrons. The molecule has 0 aliphatic carbocycles. The minimum absolute atomic E-state index is 0.546. The van der Waals surface area contributed by atoms with E-state index >= 15 is 0 Å². The molecule has 0 aliphatic heterocycles. The Hall–Kier alpha value is -0.723. The third-order valence-corrected chi connectivity index (χ3v) is 5.81. The maximum atomic E-state index is 6.10. The van der Waals surface area contributed by atoms with Gasteiger partial charge in [-0.05, 0) is 25.9 Å². The largest absolute Gasteiger partial charge is 0.537 e. The zero-order valence-electron chi connectivity index (χ0n) is 13.1. The summed E-state index contributed by atoms with van der Waals surface area (Å²) in [6.07, 6.45) is 2.23. The summed E-state index contributed by atoms with van der Waals surface area (Å²) in [7, 11) is 0.537. The minimum atomic E-state index is -2.78. The first-order valence-electron chi connectivity index (χ1n) is 7.24. The second-order valence-electron chi connectivity index (χ2n) is 4.72. The zero-order valence-corrected chi connectivity index (χ0v) is 14.1. The lowest BCUT2D eigenvalue weighted by molar-refractivity contribution is 0.0467. The van der Waals surface area contributed by atoms with Crippen molar-refractivity contribution in [2.75, 3.05) is 34.0 Å². The van der Waals surface area contributed by atoms with Crippen molar-refractivity contribution in [2.24, 2.45) is 0 Å². The van der Waals surface area contributed by atoms with Crippen molar-refractivity contribution in [3.05, 3.63) is 30.3 Å². The first-order chi connectivity index (χ1) is 9.72. The lowest BCUT2D eigenvalue weighted by Gasteiger charge is -2.30. The molecule has 1 rings (SSSR count). The second kappa shape index (κ2) is 9.26. The van der Waals surface area contributed by atoms with Gasteiger partial charge in [-0.15, -0.1) is 0 Å². The van der Waals surface area contributed by atoms with Crippen LogP contribution in [-0.2, 0) is 13.3 Å². The van der Waals surface area contributed by atoms with Crippen LogP contribution in [0.3, 0.4) is 0 Å². The molecule has 0 atom stereocenters. The molecule has 0 spiro atoms. The third kappa shape index (κ3) is 4.68. The summed E-state index contributed by atoms with van der Waals surface area (Å²) in [5, 5.41) is 0.998. The Morgan fingerprint density at radius 3 is 1.95 bits per heavy atom. The minimum Gasteiger partial charge on any atom is -0.373 e. The molecule has 0 unspecified atom stereocenters. The summed E-state index contributed by atoms with van der Waals surface area (Å²) in [6, 6.07) is 9.95. The molecule has 0 bridgehead atoms. The van der Waals surface area contributed by atoms with Crippen LogP contribution in [-0.4, -0.2) is 47.7 Å². The van der Waals surface area contributed by atoms with Crippen LogP contribution in [0.4, 0.5) is 0 Å². The lowest BCUT2D eigenvalue weighted by Crippen LogP contribution is -2.56. The molecule has 0 N–H and O–H groups in total. The molecule has 0 heterocycles. The normalized spacial score (nSPS) is 12.1. The van der Waals surface area contributed by atoms with Gasteiger partial charge >= 0.3 is 8.80 Å². The highest BCUT2D eigenvalue weighted by atomic mass is 28.4. The number of hydrogen-bond donors (Lipinski definition) is 0. The number of benzene rings is 1. The monoisotopic (exact) mass is 297 g/mol. The summed E-state index contributed by atoms with van der Waals surface area (Å²) >= 11 is 0. The molecule has 0 aliphatic rings. The van der Waals surface area contributed by atoms with Gasteiger partial charge in [0, 0.05) is 19.4 Å². The van der Waals surface area contributed by atoms with E-state index < -0.39 is 8.80 Å². The highest BCUT2D eigenvalue weighted by Gasteiger charge is 2.42. The summed E-state index contributed by atoms with van der Waals surface area (Å²) in [6.45, 7) is 6.96. The summed E-state index contributed by atoms with van der Waals surface area (Å²) in [5.74, 6) is 0. The van der Waals surface area contributed by atoms with Crippen LogP contribution in [0.25, 0.3) is 0 Å². The van der Waals surface area contributed by atoms with Crippen LogP contribution < -0.4 is 5.19 Å². The van der Waals surface area contributed by atoms with Crippen LogP contribution in [0, 0.1) is 0 Å². The zero-order chi connectivity index (χ0) is 14.8. The molecule has 0 radical (unpaired) electrons. The van der Waals surface area contributed by atoms with Gasteiger partial charge in [0.15, 0.2) is 0 Å². The fraction of sp³-hybridized carbons (Fsp3) is 0.600. The maximum absolute atomic E-state index is 6.10. The van der Waals surface area contributed by atoms with Crippen LogP contribution in [0.1, 0.15) is 26.7 Å². The van der Waals surface area contributed by atoms with E-state index in [-0.39, 0.29) is 0 Å². The Balaban J connectivity index is 2.76. The molecule has 0 saturated carbocycles. The highest BCUT2D eigenvalue weighted by Crippen LogP contribution is 2.09. The molecule has 0 fully saturated rings. The molecule has 0 amide bonds. The molecule has 1 aromatic carbocycles. The van der Waals surface area contributed by atoms with E-state index in [0.29, 0.717) is 6.73 Å². The second-order valence-corrected chi connectivity index (χ2v) is 7.52. The smallest absolute Gasteiger partial charge is 0.373 e. The van der Waals surface area contributed by atoms with Crippen molar-refractivity contribution in [1.29, 1.82) is 0 Å². The molecule has 4 nitrogen and oxygen atoms in total. The van der Waals surface area contributed by atoms with E-state index in [1.165, 1.54) is 0 Å². The lowest BCUT2D eigenvalue weighted by atomic mass is 10.4. The molecule has 5 heteroatoms. The van der Waals surface area contributed by atoms with Crippen LogP contribution >= 0.6 is 0 Å². The SMILES string of the molecule is CCCN(CCC)CO[Si](OC)(OC)c1ccccc1. The van der Waals surface area contributed by atoms with Crippen molar-refractivity contribution in [3.63, 3.8) is 0 Å². The van der Waals surface area contributed by atoms with E-state index in [4.69, 9.17) is 13.3 Å². The molecular formula is C15H27NO3Si. The standard InChI is InChI=1S/C15H27NO3Si/c1-5-12-16(13-6-2)14-19-20(17-3,18-4)15-10-8-7-9-11-15/h7-11H,5-6,12-14H2,1-4H3. The number of hydrogen-bond acceptors (Lipinski definition) is 4. The van der Waals surface area contributed by atoms with Gasteiger partial charge in [0.2, 0.25) is 0 Å². The van der Waals surface area contributed by atoms with Crippen molar-refractivity contribution in [2.45, 2.75) is 26.7 Å². The van der Waals surface area contributed by atoms with Gasteiger partial charge in [0.1, 0.15) is 0 Å². The molecule has 0 saturated heterocycles. The van der Waals surface area contributed by atoms with Crippen molar-refractivity contribution in [1.82, 2.24) is 4.90 Å². The average molecular weight is 297 g/mol. The maximum Gasteiger partial charge on any atom is 0.537 e. The summed E-state index contributed by atoms with van der Waals surface area (Å²) in [4.78, 5) is 2.29. The molecule has 20 heavy (non-hydrogen) atoms. The quantitative estimate of drug-likeness (QED) is 0.489. The highest BCUT2D eigenvalue weighted by molar-refractivity contribution is 6.75. The molecule has 1 aromatic rings. The Bertz CT molecular complexity index is 351.